The molecule has 3 nitrogen and oxygen atoms in total. The van der Waals surface area contributed by atoms with Crippen LogP contribution in [0.1, 0.15) is 16.7 Å². The van der Waals surface area contributed by atoms with Gasteiger partial charge < -0.3 is 10.5 Å². The Morgan fingerprint density at radius 1 is 1.22 bits per heavy atom. The topological polar surface area (TPSA) is 48.1 Å². The summed E-state index contributed by atoms with van der Waals surface area (Å²) in [6.07, 6.45) is 2.51. The molecule has 94 valence electrons. The second-order valence-electron chi connectivity index (χ2n) is 4.38. The van der Waals surface area contributed by atoms with Gasteiger partial charge in [0.1, 0.15) is 5.75 Å². The molecular formula is C15H18N2O. The van der Waals surface area contributed by atoms with Gasteiger partial charge in [0.05, 0.1) is 0 Å². The van der Waals surface area contributed by atoms with Crippen LogP contribution in [0.25, 0.3) is 0 Å². The van der Waals surface area contributed by atoms with Crippen molar-refractivity contribution in [3.63, 3.8) is 0 Å². The monoisotopic (exact) mass is 242 g/mol. The van der Waals surface area contributed by atoms with Gasteiger partial charge in [0.25, 0.3) is 0 Å². The van der Waals surface area contributed by atoms with Crippen molar-refractivity contribution in [2.75, 3.05) is 6.54 Å². The quantitative estimate of drug-likeness (QED) is 0.896. The molecule has 0 radical (unpaired) electrons. The number of aromatic nitrogens is 1. The molecule has 0 saturated carbocycles. The molecule has 0 aliphatic rings. The van der Waals surface area contributed by atoms with Crippen LogP contribution in [0.4, 0.5) is 0 Å². The van der Waals surface area contributed by atoms with Crippen LogP contribution < -0.4 is 10.5 Å². The van der Waals surface area contributed by atoms with Gasteiger partial charge >= 0.3 is 0 Å². The molecule has 0 unspecified atom stereocenters. The van der Waals surface area contributed by atoms with Crippen LogP contribution in [0.2, 0.25) is 0 Å². The average Bonchev–Trinajstić information content (AvgIpc) is 2.36. The minimum Gasteiger partial charge on any atom is -0.438 e. The SMILES string of the molecule is Cc1ccc(C)c(Oc2ncccc2CCN)c1. The Balaban J connectivity index is 2.30. The van der Waals surface area contributed by atoms with E-state index < -0.39 is 0 Å². The molecule has 1 aromatic heterocycles. The van der Waals surface area contributed by atoms with Crippen LogP contribution in [0.15, 0.2) is 36.5 Å². The lowest BCUT2D eigenvalue weighted by Gasteiger charge is -2.11. The molecule has 0 bridgehead atoms. The number of aryl methyl sites for hydroxylation is 2. The van der Waals surface area contributed by atoms with Crippen molar-refractivity contribution < 1.29 is 4.74 Å². The van der Waals surface area contributed by atoms with Crippen LogP contribution >= 0.6 is 0 Å². The van der Waals surface area contributed by atoms with E-state index in [4.69, 9.17) is 10.5 Å². The first-order valence-corrected chi connectivity index (χ1v) is 6.10. The van der Waals surface area contributed by atoms with Crippen molar-refractivity contribution in [2.45, 2.75) is 20.3 Å². The lowest BCUT2D eigenvalue weighted by atomic mass is 10.1. The molecule has 0 amide bonds. The molecule has 0 spiro atoms. The molecule has 3 heteroatoms. The molecule has 0 aliphatic heterocycles. The van der Waals surface area contributed by atoms with Gasteiger partial charge in [0.15, 0.2) is 0 Å². The normalized spacial score (nSPS) is 10.4. The molecule has 1 heterocycles. The Morgan fingerprint density at radius 3 is 2.83 bits per heavy atom. The fraction of sp³-hybridized carbons (Fsp3) is 0.267. The highest BCUT2D eigenvalue weighted by molar-refractivity contribution is 5.40. The van der Waals surface area contributed by atoms with Crippen molar-refractivity contribution >= 4 is 0 Å². The van der Waals surface area contributed by atoms with Gasteiger partial charge in [-0.1, -0.05) is 18.2 Å². The third kappa shape index (κ3) is 2.87. The zero-order valence-corrected chi connectivity index (χ0v) is 10.8. The number of pyridine rings is 1. The largest absolute Gasteiger partial charge is 0.438 e. The lowest BCUT2D eigenvalue weighted by molar-refractivity contribution is 0.452. The summed E-state index contributed by atoms with van der Waals surface area (Å²) in [5.41, 5.74) is 8.91. The van der Waals surface area contributed by atoms with Gasteiger partial charge in [-0.15, -0.1) is 0 Å². The Labute approximate surface area is 108 Å². The van der Waals surface area contributed by atoms with Crippen molar-refractivity contribution in [1.29, 1.82) is 0 Å². The molecule has 0 fully saturated rings. The van der Waals surface area contributed by atoms with E-state index in [1.54, 1.807) is 6.20 Å². The summed E-state index contributed by atoms with van der Waals surface area (Å²) in [5.74, 6) is 1.50. The van der Waals surface area contributed by atoms with E-state index in [-0.39, 0.29) is 0 Å². The zero-order valence-electron chi connectivity index (χ0n) is 10.8. The molecule has 1 aromatic carbocycles. The summed E-state index contributed by atoms with van der Waals surface area (Å²) >= 11 is 0. The third-order valence-electron chi connectivity index (χ3n) is 2.81. The smallest absolute Gasteiger partial charge is 0.222 e. The second-order valence-corrected chi connectivity index (χ2v) is 4.38. The van der Waals surface area contributed by atoms with Crippen LogP contribution in [0.5, 0.6) is 11.6 Å². The van der Waals surface area contributed by atoms with E-state index in [0.717, 1.165) is 23.3 Å². The highest BCUT2D eigenvalue weighted by Crippen LogP contribution is 2.26. The first kappa shape index (κ1) is 12.6. The Hall–Kier alpha value is -1.87. The number of nitrogens with two attached hydrogens (primary N) is 1. The summed E-state index contributed by atoms with van der Waals surface area (Å²) in [4.78, 5) is 4.29. The molecular weight excluding hydrogens is 224 g/mol. The minimum absolute atomic E-state index is 0.592. The van der Waals surface area contributed by atoms with Crippen LogP contribution in [-0.4, -0.2) is 11.5 Å². The van der Waals surface area contributed by atoms with Crippen molar-refractivity contribution in [3.05, 3.63) is 53.2 Å². The van der Waals surface area contributed by atoms with Crippen LogP contribution in [0, 0.1) is 13.8 Å². The molecule has 2 aromatic rings. The van der Waals surface area contributed by atoms with E-state index in [1.165, 1.54) is 5.56 Å². The van der Waals surface area contributed by atoms with Gasteiger partial charge in [-0.3, -0.25) is 0 Å². The third-order valence-corrected chi connectivity index (χ3v) is 2.81. The second kappa shape index (κ2) is 5.65. The number of rotatable bonds is 4. The predicted molar refractivity (Wildman–Crippen MR) is 73.0 cm³/mol. The standard InChI is InChI=1S/C15H18N2O/c1-11-5-6-12(2)14(10-11)18-15-13(7-8-16)4-3-9-17-15/h3-6,9-10H,7-8,16H2,1-2H3. The maximum Gasteiger partial charge on any atom is 0.222 e. The summed E-state index contributed by atoms with van der Waals surface area (Å²) in [6, 6.07) is 10.1. The van der Waals surface area contributed by atoms with E-state index in [1.807, 2.05) is 32.0 Å². The molecule has 0 atom stereocenters. The number of hydrogen-bond acceptors (Lipinski definition) is 3. The maximum absolute atomic E-state index is 5.91. The summed E-state index contributed by atoms with van der Waals surface area (Å²) < 4.78 is 5.91. The zero-order chi connectivity index (χ0) is 13.0. The molecule has 2 N–H and O–H groups in total. The lowest BCUT2D eigenvalue weighted by Crippen LogP contribution is -2.05. The van der Waals surface area contributed by atoms with Gasteiger partial charge in [0, 0.05) is 11.8 Å². The number of benzene rings is 1. The molecule has 18 heavy (non-hydrogen) atoms. The first-order chi connectivity index (χ1) is 8.70. The fourth-order valence-corrected chi connectivity index (χ4v) is 1.78. The first-order valence-electron chi connectivity index (χ1n) is 6.10. The highest BCUT2D eigenvalue weighted by Gasteiger charge is 2.07. The minimum atomic E-state index is 0.592. The average molecular weight is 242 g/mol. The van der Waals surface area contributed by atoms with Gasteiger partial charge in [-0.05, 0) is 50.1 Å². The van der Waals surface area contributed by atoms with Gasteiger partial charge in [0.2, 0.25) is 5.88 Å². The number of nitrogens with zero attached hydrogens (tertiary/aromatic N) is 1. The van der Waals surface area contributed by atoms with E-state index in [2.05, 4.69) is 17.1 Å². The van der Waals surface area contributed by atoms with E-state index >= 15 is 0 Å². The molecule has 0 saturated heterocycles. The fourth-order valence-electron chi connectivity index (χ4n) is 1.78. The Kier molecular flexibility index (Phi) is 3.95. The van der Waals surface area contributed by atoms with Crippen LogP contribution in [0.3, 0.4) is 0 Å². The van der Waals surface area contributed by atoms with Crippen LogP contribution in [-0.2, 0) is 6.42 Å². The van der Waals surface area contributed by atoms with E-state index in [9.17, 15) is 0 Å². The summed E-state index contributed by atoms with van der Waals surface area (Å²) in [6.45, 7) is 4.67. The maximum atomic E-state index is 5.91. The predicted octanol–water partition coefficient (Wildman–Crippen LogP) is 2.99. The van der Waals surface area contributed by atoms with E-state index in [0.29, 0.717) is 12.4 Å². The van der Waals surface area contributed by atoms with Gasteiger partial charge in [-0.2, -0.15) is 0 Å². The summed E-state index contributed by atoms with van der Waals surface area (Å²) in [7, 11) is 0. The number of ether oxygens (including phenoxy) is 1. The highest BCUT2D eigenvalue weighted by atomic mass is 16.5. The molecule has 0 aliphatic carbocycles. The van der Waals surface area contributed by atoms with Crippen molar-refractivity contribution in [2.24, 2.45) is 5.73 Å². The van der Waals surface area contributed by atoms with Crippen molar-refractivity contribution in [3.8, 4) is 11.6 Å². The Bertz CT molecular complexity index is 538. The van der Waals surface area contributed by atoms with Crippen molar-refractivity contribution in [1.82, 2.24) is 4.98 Å². The number of hydrogen-bond donors (Lipinski definition) is 1. The van der Waals surface area contributed by atoms with Gasteiger partial charge in [-0.25, -0.2) is 4.98 Å². The summed E-state index contributed by atoms with van der Waals surface area (Å²) in [5, 5.41) is 0. The Morgan fingerprint density at radius 2 is 2.06 bits per heavy atom. The molecule has 2 rings (SSSR count).